The van der Waals surface area contributed by atoms with Gasteiger partial charge >= 0.3 is 5.97 Å². The molecule has 0 aromatic heterocycles. The molecule has 3 aromatic rings. The van der Waals surface area contributed by atoms with Gasteiger partial charge in [0.2, 0.25) is 0 Å². The van der Waals surface area contributed by atoms with E-state index >= 15 is 0 Å². The Kier molecular flexibility index (Phi) is 7.35. The van der Waals surface area contributed by atoms with Crippen molar-refractivity contribution in [1.82, 2.24) is 0 Å². The number of rotatable bonds is 8. The van der Waals surface area contributed by atoms with E-state index in [4.69, 9.17) is 21.1 Å². The molecule has 0 heterocycles. The fourth-order valence-electron chi connectivity index (χ4n) is 2.84. The summed E-state index contributed by atoms with van der Waals surface area (Å²) in [6, 6.07) is 14.7. The molecule has 0 bridgehead atoms. The summed E-state index contributed by atoms with van der Waals surface area (Å²) in [5, 5.41) is -0.0414. The zero-order valence-electron chi connectivity index (χ0n) is 17.6. The molecule has 0 N–H and O–H groups in total. The molecule has 0 atom stereocenters. The van der Waals surface area contributed by atoms with Crippen molar-refractivity contribution < 1.29 is 31.9 Å². The number of carbonyl (C=O) groups is 2. The molecule has 33 heavy (non-hydrogen) atoms. The Hall–Kier alpha value is -3.43. The zero-order chi connectivity index (χ0) is 24.2. The highest BCUT2D eigenvalue weighted by Gasteiger charge is 2.24. The predicted molar refractivity (Wildman–Crippen MR) is 121 cm³/mol. The van der Waals surface area contributed by atoms with Crippen LogP contribution in [0.15, 0.2) is 71.6 Å². The molecular formula is C23H19ClFNO6S. The van der Waals surface area contributed by atoms with Crippen LogP contribution in [0, 0.1) is 5.82 Å². The molecule has 0 amide bonds. The Labute approximate surface area is 195 Å². The Morgan fingerprint density at radius 2 is 1.64 bits per heavy atom. The highest BCUT2D eigenvalue weighted by Crippen LogP contribution is 2.26. The number of methoxy groups -OCH3 is 1. The van der Waals surface area contributed by atoms with Gasteiger partial charge in [-0.1, -0.05) is 11.6 Å². The van der Waals surface area contributed by atoms with Crippen molar-refractivity contribution >= 4 is 39.1 Å². The minimum atomic E-state index is -4.09. The van der Waals surface area contributed by atoms with E-state index in [1.807, 2.05) is 0 Å². The van der Waals surface area contributed by atoms with Gasteiger partial charge < -0.3 is 9.47 Å². The number of hydrogen-bond donors (Lipinski definition) is 0. The van der Waals surface area contributed by atoms with Crippen LogP contribution in [0.25, 0.3) is 0 Å². The largest absolute Gasteiger partial charge is 0.497 e. The maximum atomic E-state index is 13.2. The van der Waals surface area contributed by atoms with Gasteiger partial charge in [-0.2, -0.15) is 0 Å². The topological polar surface area (TPSA) is 90.0 Å². The summed E-state index contributed by atoms with van der Waals surface area (Å²) in [6.45, 7) is -0.562. The molecule has 10 heteroatoms. The van der Waals surface area contributed by atoms with Crippen LogP contribution >= 0.6 is 11.6 Å². The number of hydrogen-bond acceptors (Lipinski definition) is 6. The van der Waals surface area contributed by atoms with Crippen LogP contribution in [0.1, 0.15) is 20.7 Å². The summed E-state index contributed by atoms with van der Waals surface area (Å²) in [5.41, 5.74) is 0.320. The minimum Gasteiger partial charge on any atom is -0.497 e. The summed E-state index contributed by atoms with van der Waals surface area (Å²) in [7, 11) is -1.30. The number of carbonyl (C=O) groups excluding carboxylic acids is 2. The molecule has 172 valence electrons. The first kappa shape index (κ1) is 24.2. The van der Waals surface area contributed by atoms with E-state index in [-0.39, 0.29) is 21.2 Å². The number of esters is 1. The fourth-order valence-corrected chi connectivity index (χ4v) is 4.26. The number of halogens is 2. The van der Waals surface area contributed by atoms with Crippen LogP contribution in [0.5, 0.6) is 5.75 Å². The molecule has 0 aliphatic rings. The molecule has 3 rings (SSSR count). The fraction of sp³-hybridized carbons (Fsp3) is 0.130. The van der Waals surface area contributed by atoms with Crippen LogP contribution in [-0.2, 0) is 14.8 Å². The van der Waals surface area contributed by atoms with E-state index in [2.05, 4.69) is 0 Å². The lowest BCUT2D eigenvalue weighted by molar-refractivity contribution is 0.0474. The number of ether oxygens (including phenoxy) is 2. The molecule has 0 unspecified atom stereocenters. The van der Waals surface area contributed by atoms with Gasteiger partial charge in [-0.15, -0.1) is 0 Å². The van der Waals surface area contributed by atoms with E-state index in [0.29, 0.717) is 11.3 Å². The van der Waals surface area contributed by atoms with Crippen LogP contribution in [0.3, 0.4) is 0 Å². The van der Waals surface area contributed by atoms with E-state index in [1.54, 1.807) is 12.1 Å². The first-order valence-electron chi connectivity index (χ1n) is 9.52. The van der Waals surface area contributed by atoms with E-state index < -0.39 is 34.2 Å². The SMILES string of the molecule is COc1ccc(C(=O)COC(=O)c2cc(S(=O)(=O)N(C)c3ccc(F)cc3)ccc2Cl)cc1. The standard InChI is InChI=1S/C23H19ClFNO6S/c1-26(17-7-5-16(25)6-8-17)33(29,30)19-11-12-21(24)20(13-19)23(28)32-14-22(27)15-3-9-18(31-2)10-4-15/h3-13H,14H2,1-2H3. The van der Waals surface area contributed by atoms with Crippen molar-refractivity contribution in [3.8, 4) is 5.75 Å². The van der Waals surface area contributed by atoms with E-state index in [0.717, 1.165) is 22.5 Å². The molecule has 3 aromatic carbocycles. The van der Waals surface area contributed by atoms with Gasteiger partial charge in [0.25, 0.3) is 10.0 Å². The summed E-state index contributed by atoms with van der Waals surface area (Å²) in [6.07, 6.45) is 0. The molecular weight excluding hydrogens is 473 g/mol. The molecule has 0 radical (unpaired) electrons. The lowest BCUT2D eigenvalue weighted by Crippen LogP contribution is -2.26. The first-order valence-corrected chi connectivity index (χ1v) is 11.3. The maximum absolute atomic E-state index is 13.2. The van der Waals surface area contributed by atoms with E-state index in [1.165, 1.54) is 50.6 Å². The monoisotopic (exact) mass is 491 g/mol. The Morgan fingerprint density at radius 1 is 1.00 bits per heavy atom. The average Bonchev–Trinajstić information content (AvgIpc) is 2.82. The maximum Gasteiger partial charge on any atom is 0.340 e. The van der Waals surface area contributed by atoms with Crippen LogP contribution in [0.4, 0.5) is 10.1 Å². The molecule has 0 spiro atoms. The third-order valence-electron chi connectivity index (χ3n) is 4.75. The van der Waals surface area contributed by atoms with Crippen molar-refractivity contribution in [2.45, 2.75) is 4.90 Å². The van der Waals surface area contributed by atoms with Gasteiger partial charge in [-0.05, 0) is 66.7 Å². The third kappa shape index (κ3) is 5.50. The van der Waals surface area contributed by atoms with Gasteiger partial charge in [0, 0.05) is 12.6 Å². The van der Waals surface area contributed by atoms with Gasteiger partial charge in [0.05, 0.1) is 28.3 Å². The summed E-state index contributed by atoms with van der Waals surface area (Å²) >= 11 is 6.07. The van der Waals surface area contributed by atoms with Crippen molar-refractivity contribution in [2.75, 3.05) is 25.1 Å². The van der Waals surface area contributed by atoms with Crippen LogP contribution < -0.4 is 9.04 Å². The molecule has 0 aliphatic heterocycles. The lowest BCUT2D eigenvalue weighted by atomic mass is 10.1. The zero-order valence-corrected chi connectivity index (χ0v) is 19.2. The molecule has 0 saturated carbocycles. The van der Waals surface area contributed by atoms with Crippen molar-refractivity contribution in [3.63, 3.8) is 0 Å². The van der Waals surface area contributed by atoms with Gasteiger partial charge in [0.1, 0.15) is 11.6 Å². The number of Topliss-reactive ketones (excluding diaryl/α,β-unsaturated/α-hetero) is 1. The smallest absolute Gasteiger partial charge is 0.340 e. The Morgan fingerprint density at radius 3 is 2.24 bits per heavy atom. The molecule has 0 fully saturated rings. The normalized spacial score (nSPS) is 11.0. The second-order valence-corrected chi connectivity index (χ2v) is 9.19. The number of sulfonamides is 1. The van der Waals surface area contributed by atoms with Crippen LogP contribution in [0.2, 0.25) is 5.02 Å². The average molecular weight is 492 g/mol. The first-order chi connectivity index (χ1) is 15.6. The number of anilines is 1. The van der Waals surface area contributed by atoms with Crippen molar-refractivity contribution in [3.05, 3.63) is 88.7 Å². The number of nitrogens with zero attached hydrogens (tertiary/aromatic N) is 1. The Balaban J connectivity index is 1.77. The summed E-state index contributed by atoms with van der Waals surface area (Å²) < 4.78 is 50.1. The lowest BCUT2D eigenvalue weighted by Gasteiger charge is -2.20. The highest BCUT2D eigenvalue weighted by atomic mass is 35.5. The number of benzene rings is 3. The van der Waals surface area contributed by atoms with Gasteiger partial charge in [-0.25, -0.2) is 17.6 Å². The highest BCUT2D eigenvalue weighted by molar-refractivity contribution is 7.92. The molecule has 7 nitrogen and oxygen atoms in total. The van der Waals surface area contributed by atoms with Crippen molar-refractivity contribution in [1.29, 1.82) is 0 Å². The van der Waals surface area contributed by atoms with Gasteiger partial charge in [-0.3, -0.25) is 9.10 Å². The second-order valence-electron chi connectivity index (χ2n) is 6.82. The molecule has 0 saturated heterocycles. The summed E-state index contributed by atoms with van der Waals surface area (Å²) in [4.78, 5) is 24.6. The Bertz CT molecular complexity index is 1280. The minimum absolute atomic E-state index is 0.0414. The van der Waals surface area contributed by atoms with Crippen molar-refractivity contribution in [2.24, 2.45) is 0 Å². The second kappa shape index (κ2) is 10.0. The van der Waals surface area contributed by atoms with E-state index in [9.17, 15) is 22.4 Å². The quantitative estimate of drug-likeness (QED) is 0.344. The van der Waals surface area contributed by atoms with Crippen LogP contribution in [-0.4, -0.2) is 40.9 Å². The van der Waals surface area contributed by atoms with Gasteiger partial charge in [0.15, 0.2) is 12.4 Å². The molecule has 0 aliphatic carbocycles. The number of ketones is 1. The summed E-state index contributed by atoms with van der Waals surface area (Å²) in [5.74, 6) is -1.35. The third-order valence-corrected chi connectivity index (χ3v) is 6.86. The predicted octanol–water partition coefficient (Wildman–Crippen LogP) is 4.35.